The second-order valence-corrected chi connectivity index (χ2v) is 5.98. The maximum Gasteiger partial charge on any atom is 0.263 e. The maximum atomic E-state index is 11.9. The van der Waals surface area contributed by atoms with Crippen molar-refractivity contribution in [1.82, 2.24) is 10.2 Å². The van der Waals surface area contributed by atoms with Gasteiger partial charge in [0.1, 0.15) is 17.3 Å². The van der Waals surface area contributed by atoms with Gasteiger partial charge in [-0.05, 0) is 48.4 Å². The predicted molar refractivity (Wildman–Crippen MR) is 108 cm³/mol. The summed E-state index contributed by atoms with van der Waals surface area (Å²) < 4.78 is 10.5. The standard InChI is InChI=1S/C21H22N4O3/c1-27-17-9-7-16(8-10-17)13-14-22-19-11-12-20(25-24-19)23-21(26)15-28-18-5-3-2-4-6-18/h2-12H,13-15H2,1H3,(H,22,24)(H,23,25,26). The number of benzene rings is 2. The van der Waals surface area contributed by atoms with Crippen LogP contribution >= 0.6 is 0 Å². The molecule has 0 spiro atoms. The summed E-state index contributed by atoms with van der Waals surface area (Å²) in [5, 5.41) is 13.9. The van der Waals surface area contributed by atoms with Crippen LogP contribution in [0.5, 0.6) is 11.5 Å². The van der Waals surface area contributed by atoms with Crippen LogP contribution in [0.4, 0.5) is 11.6 Å². The summed E-state index contributed by atoms with van der Waals surface area (Å²) in [5.41, 5.74) is 1.20. The topological polar surface area (TPSA) is 85.4 Å². The maximum absolute atomic E-state index is 11.9. The number of hydrogen-bond donors (Lipinski definition) is 2. The van der Waals surface area contributed by atoms with Crippen LogP contribution in [0, 0.1) is 0 Å². The van der Waals surface area contributed by atoms with Gasteiger partial charge in [-0.2, -0.15) is 0 Å². The molecule has 7 nitrogen and oxygen atoms in total. The van der Waals surface area contributed by atoms with Gasteiger partial charge in [0.15, 0.2) is 12.4 Å². The monoisotopic (exact) mass is 378 g/mol. The largest absolute Gasteiger partial charge is 0.497 e. The van der Waals surface area contributed by atoms with Gasteiger partial charge in [-0.25, -0.2) is 0 Å². The molecule has 0 atom stereocenters. The highest BCUT2D eigenvalue weighted by Gasteiger charge is 2.05. The molecule has 0 aliphatic heterocycles. The smallest absolute Gasteiger partial charge is 0.263 e. The first kappa shape index (κ1) is 19.2. The number of methoxy groups -OCH3 is 1. The van der Waals surface area contributed by atoms with Gasteiger partial charge in [0.25, 0.3) is 5.91 Å². The summed E-state index contributed by atoms with van der Waals surface area (Å²) in [5.74, 6) is 2.21. The van der Waals surface area contributed by atoms with Crippen LogP contribution in [0.1, 0.15) is 5.56 Å². The lowest BCUT2D eigenvalue weighted by Gasteiger charge is -2.08. The number of amides is 1. The van der Waals surface area contributed by atoms with Crippen LogP contribution < -0.4 is 20.1 Å². The molecule has 0 aliphatic carbocycles. The van der Waals surface area contributed by atoms with E-state index in [0.29, 0.717) is 17.4 Å². The molecule has 0 bridgehead atoms. The van der Waals surface area contributed by atoms with Gasteiger partial charge in [0, 0.05) is 6.54 Å². The third kappa shape index (κ3) is 5.98. The lowest BCUT2D eigenvalue weighted by atomic mass is 10.1. The Labute approximate surface area is 163 Å². The molecule has 0 radical (unpaired) electrons. The highest BCUT2D eigenvalue weighted by Crippen LogP contribution is 2.12. The number of carbonyl (C=O) groups excluding carboxylic acids is 1. The van der Waals surface area contributed by atoms with Crippen molar-refractivity contribution in [3.63, 3.8) is 0 Å². The predicted octanol–water partition coefficient (Wildman–Crippen LogP) is 3.16. The number of rotatable bonds is 9. The van der Waals surface area contributed by atoms with Crippen molar-refractivity contribution in [2.75, 3.05) is 30.9 Å². The molecule has 0 fully saturated rings. The Morgan fingerprint density at radius 1 is 0.893 bits per heavy atom. The molecule has 2 N–H and O–H groups in total. The zero-order valence-electron chi connectivity index (χ0n) is 15.6. The Morgan fingerprint density at radius 2 is 1.61 bits per heavy atom. The molecule has 2 aromatic carbocycles. The molecule has 0 aliphatic rings. The van der Waals surface area contributed by atoms with Crippen LogP contribution in [0.25, 0.3) is 0 Å². The zero-order chi connectivity index (χ0) is 19.6. The van der Waals surface area contributed by atoms with Gasteiger partial charge in [-0.15, -0.1) is 10.2 Å². The van der Waals surface area contributed by atoms with Gasteiger partial charge < -0.3 is 20.1 Å². The molecular formula is C21H22N4O3. The first-order valence-corrected chi connectivity index (χ1v) is 8.91. The normalized spacial score (nSPS) is 10.2. The number of anilines is 2. The summed E-state index contributed by atoms with van der Waals surface area (Å²) >= 11 is 0. The average molecular weight is 378 g/mol. The van der Waals surface area contributed by atoms with E-state index in [1.54, 1.807) is 31.4 Å². The molecule has 1 aromatic heterocycles. The van der Waals surface area contributed by atoms with E-state index in [2.05, 4.69) is 20.8 Å². The number of para-hydroxylation sites is 1. The zero-order valence-corrected chi connectivity index (χ0v) is 15.6. The average Bonchev–Trinajstić information content (AvgIpc) is 2.75. The fourth-order valence-corrected chi connectivity index (χ4v) is 2.46. The van der Waals surface area contributed by atoms with Crippen LogP contribution in [-0.4, -0.2) is 36.4 Å². The van der Waals surface area contributed by atoms with Crippen molar-refractivity contribution in [3.05, 3.63) is 72.3 Å². The van der Waals surface area contributed by atoms with Crippen molar-refractivity contribution in [2.45, 2.75) is 6.42 Å². The minimum Gasteiger partial charge on any atom is -0.497 e. The van der Waals surface area contributed by atoms with Gasteiger partial charge in [-0.3, -0.25) is 4.79 Å². The molecule has 3 rings (SSSR count). The van der Waals surface area contributed by atoms with Gasteiger partial charge in [0.05, 0.1) is 7.11 Å². The summed E-state index contributed by atoms with van der Waals surface area (Å²) in [6, 6.07) is 20.6. The summed E-state index contributed by atoms with van der Waals surface area (Å²) in [6.07, 6.45) is 0.848. The molecule has 1 amide bonds. The van der Waals surface area contributed by atoms with E-state index in [-0.39, 0.29) is 12.5 Å². The van der Waals surface area contributed by atoms with Crippen LogP contribution in [-0.2, 0) is 11.2 Å². The van der Waals surface area contributed by atoms with E-state index in [9.17, 15) is 4.79 Å². The first-order chi connectivity index (χ1) is 13.7. The van der Waals surface area contributed by atoms with Crippen molar-refractivity contribution in [1.29, 1.82) is 0 Å². The van der Waals surface area contributed by atoms with Crippen molar-refractivity contribution < 1.29 is 14.3 Å². The Bertz CT molecular complexity index is 868. The van der Waals surface area contributed by atoms with E-state index in [1.165, 1.54) is 5.56 Å². The van der Waals surface area contributed by atoms with Crippen molar-refractivity contribution in [3.8, 4) is 11.5 Å². The molecular weight excluding hydrogens is 356 g/mol. The second kappa shape index (κ2) is 9.91. The molecule has 0 saturated heterocycles. The Kier molecular flexibility index (Phi) is 6.78. The van der Waals surface area contributed by atoms with Gasteiger partial charge in [0.2, 0.25) is 0 Å². The van der Waals surface area contributed by atoms with Gasteiger partial charge in [-0.1, -0.05) is 30.3 Å². The Morgan fingerprint density at radius 3 is 2.29 bits per heavy atom. The number of hydrogen-bond acceptors (Lipinski definition) is 6. The minimum absolute atomic E-state index is 0.0897. The first-order valence-electron chi connectivity index (χ1n) is 8.91. The van der Waals surface area contributed by atoms with Crippen LogP contribution in [0.2, 0.25) is 0 Å². The molecule has 0 saturated carbocycles. The van der Waals surface area contributed by atoms with E-state index in [1.807, 2.05) is 42.5 Å². The third-order valence-electron chi connectivity index (χ3n) is 3.92. The fourth-order valence-electron chi connectivity index (χ4n) is 2.46. The number of aromatic nitrogens is 2. The Hall–Kier alpha value is -3.61. The highest BCUT2D eigenvalue weighted by atomic mass is 16.5. The number of nitrogens with zero attached hydrogens (tertiary/aromatic N) is 2. The Balaban J connectivity index is 1.40. The lowest BCUT2D eigenvalue weighted by Crippen LogP contribution is -2.21. The lowest BCUT2D eigenvalue weighted by molar-refractivity contribution is -0.118. The third-order valence-corrected chi connectivity index (χ3v) is 3.92. The molecule has 28 heavy (non-hydrogen) atoms. The summed E-state index contributed by atoms with van der Waals surface area (Å²) in [7, 11) is 1.65. The van der Waals surface area contributed by atoms with Crippen molar-refractivity contribution in [2.24, 2.45) is 0 Å². The molecule has 3 aromatic rings. The van der Waals surface area contributed by atoms with E-state index in [4.69, 9.17) is 9.47 Å². The van der Waals surface area contributed by atoms with E-state index < -0.39 is 0 Å². The second-order valence-electron chi connectivity index (χ2n) is 5.98. The molecule has 0 unspecified atom stereocenters. The van der Waals surface area contributed by atoms with Gasteiger partial charge >= 0.3 is 0 Å². The van der Waals surface area contributed by atoms with E-state index >= 15 is 0 Å². The van der Waals surface area contributed by atoms with Crippen LogP contribution in [0.15, 0.2) is 66.7 Å². The molecule has 7 heteroatoms. The number of ether oxygens (including phenoxy) is 2. The highest BCUT2D eigenvalue weighted by molar-refractivity contribution is 5.90. The quantitative estimate of drug-likeness (QED) is 0.595. The van der Waals surface area contributed by atoms with Crippen molar-refractivity contribution >= 4 is 17.5 Å². The van der Waals surface area contributed by atoms with E-state index in [0.717, 1.165) is 18.7 Å². The number of carbonyl (C=O) groups is 1. The number of nitrogens with one attached hydrogen (secondary N) is 2. The van der Waals surface area contributed by atoms with Crippen LogP contribution in [0.3, 0.4) is 0 Å². The summed E-state index contributed by atoms with van der Waals surface area (Å²) in [4.78, 5) is 11.9. The molecule has 144 valence electrons. The summed E-state index contributed by atoms with van der Waals surface area (Å²) in [6.45, 7) is 0.630. The SMILES string of the molecule is COc1ccc(CCNc2ccc(NC(=O)COc3ccccc3)nn2)cc1. The minimum atomic E-state index is -0.293. The molecule has 1 heterocycles. The fraction of sp³-hybridized carbons (Fsp3) is 0.190.